The fourth-order valence-electron chi connectivity index (χ4n) is 4.40. The zero-order valence-corrected chi connectivity index (χ0v) is 16.6. The van der Waals surface area contributed by atoms with Gasteiger partial charge in [0.2, 0.25) is 0 Å². The van der Waals surface area contributed by atoms with E-state index in [1.54, 1.807) is 6.07 Å². The number of nitrogens with zero attached hydrogens (tertiary/aromatic N) is 4. The lowest BCUT2D eigenvalue weighted by atomic mass is 10.0. The van der Waals surface area contributed by atoms with Gasteiger partial charge in [0.25, 0.3) is 10.2 Å². The summed E-state index contributed by atoms with van der Waals surface area (Å²) in [5.41, 5.74) is 0.535. The number of rotatable bonds is 4. The summed E-state index contributed by atoms with van der Waals surface area (Å²) in [6.45, 7) is 3.58. The minimum absolute atomic E-state index is 0.0474. The third-order valence-corrected chi connectivity index (χ3v) is 8.07. The second-order valence-corrected chi connectivity index (χ2v) is 9.83. The summed E-state index contributed by atoms with van der Waals surface area (Å²) < 4.78 is 70.0. The van der Waals surface area contributed by atoms with Crippen LogP contribution in [0.1, 0.15) is 56.7 Å². The fourth-order valence-corrected chi connectivity index (χ4v) is 6.15. The van der Waals surface area contributed by atoms with E-state index in [0.717, 1.165) is 17.5 Å². The van der Waals surface area contributed by atoms with E-state index >= 15 is 0 Å². The van der Waals surface area contributed by atoms with Crippen molar-refractivity contribution in [2.24, 2.45) is 0 Å². The molecule has 1 unspecified atom stereocenters. The Morgan fingerprint density at radius 2 is 1.93 bits per heavy atom. The van der Waals surface area contributed by atoms with E-state index < -0.39 is 22.4 Å². The number of alkyl halides is 3. The zero-order chi connectivity index (χ0) is 20.1. The Morgan fingerprint density at radius 3 is 2.57 bits per heavy atom. The normalized spacial score (nSPS) is 29.8. The maximum Gasteiger partial charge on any atom is 0.410 e. The first-order valence-electron chi connectivity index (χ1n) is 9.88. The first kappa shape index (κ1) is 20.0. The molecule has 1 N–H and O–H groups in total. The molecular weight excluding hydrogens is 395 g/mol. The highest BCUT2D eigenvalue weighted by Crippen LogP contribution is 2.41. The van der Waals surface area contributed by atoms with Gasteiger partial charge in [0.1, 0.15) is 5.82 Å². The van der Waals surface area contributed by atoms with E-state index in [-0.39, 0.29) is 24.9 Å². The van der Waals surface area contributed by atoms with E-state index in [9.17, 15) is 21.6 Å². The summed E-state index contributed by atoms with van der Waals surface area (Å²) in [5, 5.41) is 7.40. The van der Waals surface area contributed by atoms with Gasteiger partial charge in [-0.3, -0.25) is 0 Å². The van der Waals surface area contributed by atoms with Crippen molar-refractivity contribution in [2.45, 2.75) is 63.2 Å². The molecule has 4 heterocycles. The molecule has 3 aliphatic rings. The molecule has 0 saturated carbocycles. The lowest BCUT2D eigenvalue weighted by molar-refractivity contribution is -0.173. The first-order valence-corrected chi connectivity index (χ1v) is 11.3. The number of anilines is 1. The molecule has 2 saturated heterocycles. The van der Waals surface area contributed by atoms with E-state index in [4.69, 9.17) is 0 Å². The highest BCUT2D eigenvalue weighted by molar-refractivity contribution is 7.86. The van der Waals surface area contributed by atoms with E-state index in [1.165, 1.54) is 8.61 Å². The quantitative estimate of drug-likeness (QED) is 0.812. The molecule has 7 nitrogen and oxygen atoms in total. The van der Waals surface area contributed by atoms with Gasteiger partial charge in [-0.2, -0.15) is 35.3 Å². The van der Waals surface area contributed by atoms with Crippen LogP contribution in [0, 0.1) is 0 Å². The first-order chi connectivity index (χ1) is 13.2. The molecule has 0 bridgehead atoms. The molecule has 0 amide bonds. The Kier molecular flexibility index (Phi) is 5.11. The van der Waals surface area contributed by atoms with Crippen molar-refractivity contribution < 1.29 is 21.6 Å². The van der Waals surface area contributed by atoms with Gasteiger partial charge in [-0.25, -0.2) is 4.68 Å². The highest BCUT2D eigenvalue weighted by atomic mass is 32.2. The Hall–Kier alpha value is -1.33. The molecule has 4 rings (SSSR count). The molecular formula is C17H26F3N5O2S. The number of fused-ring (bicyclic) bond motifs is 1. The second kappa shape index (κ2) is 7.17. The van der Waals surface area contributed by atoms with Crippen LogP contribution < -0.4 is 5.32 Å². The maximum atomic E-state index is 13.5. The van der Waals surface area contributed by atoms with Crippen molar-refractivity contribution in [3.8, 4) is 0 Å². The van der Waals surface area contributed by atoms with Gasteiger partial charge >= 0.3 is 6.18 Å². The predicted octanol–water partition coefficient (Wildman–Crippen LogP) is 2.71. The van der Waals surface area contributed by atoms with Gasteiger partial charge in [-0.15, -0.1) is 0 Å². The van der Waals surface area contributed by atoms with Crippen LogP contribution in [-0.4, -0.2) is 65.2 Å². The molecule has 0 radical (unpaired) electrons. The molecule has 0 spiro atoms. The third-order valence-electron chi connectivity index (χ3n) is 6.07. The SMILES string of the molecule is CC[C@@H]1C[C@H](C(F)(F)F)n2nc(C3CCN(S(=O)(=O)N4CCCC4)C3)cc2N1. The molecule has 2 fully saturated rings. The van der Waals surface area contributed by atoms with Crippen molar-refractivity contribution in [1.82, 2.24) is 18.4 Å². The summed E-state index contributed by atoms with van der Waals surface area (Å²) in [5.74, 6) is 0.183. The van der Waals surface area contributed by atoms with Gasteiger partial charge in [-0.05, 0) is 32.1 Å². The van der Waals surface area contributed by atoms with Gasteiger partial charge in [0.05, 0.1) is 5.69 Å². The van der Waals surface area contributed by atoms with Crippen LogP contribution in [0.25, 0.3) is 0 Å². The maximum absolute atomic E-state index is 13.5. The van der Waals surface area contributed by atoms with Gasteiger partial charge < -0.3 is 5.32 Å². The number of aromatic nitrogens is 2. The predicted molar refractivity (Wildman–Crippen MR) is 98.3 cm³/mol. The topological polar surface area (TPSA) is 70.5 Å². The van der Waals surface area contributed by atoms with Crippen LogP contribution in [0.5, 0.6) is 0 Å². The molecule has 0 aliphatic carbocycles. The Labute approximate surface area is 163 Å². The zero-order valence-electron chi connectivity index (χ0n) is 15.8. The second-order valence-electron chi connectivity index (χ2n) is 7.90. The van der Waals surface area contributed by atoms with E-state index in [2.05, 4.69) is 10.4 Å². The van der Waals surface area contributed by atoms with Crippen LogP contribution in [0.2, 0.25) is 0 Å². The fraction of sp³-hybridized carbons (Fsp3) is 0.824. The number of hydrogen-bond acceptors (Lipinski definition) is 4. The largest absolute Gasteiger partial charge is 0.410 e. The standard InChI is InChI=1S/C17H26F3N5O2S/c1-2-13-9-15(17(18,19)20)25-16(21-13)10-14(22-25)12-5-8-24(11-12)28(26,27)23-6-3-4-7-23/h10,12-13,15,21H,2-9,11H2,1H3/t12?,13-,15-/m1/s1. The number of halogens is 3. The lowest BCUT2D eigenvalue weighted by Crippen LogP contribution is -2.41. The molecule has 1 aromatic rings. The van der Waals surface area contributed by atoms with Crippen LogP contribution >= 0.6 is 0 Å². The Bertz CT molecular complexity index is 819. The minimum atomic E-state index is -4.37. The van der Waals surface area contributed by atoms with Gasteiger partial charge in [-0.1, -0.05) is 6.92 Å². The number of hydrogen-bond donors (Lipinski definition) is 1. The average Bonchev–Trinajstić information content (AvgIpc) is 3.39. The van der Waals surface area contributed by atoms with Crippen molar-refractivity contribution in [3.63, 3.8) is 0 Å². The number of nitrogens with one attached hydrogen (secondary N) is 1. The Morgan fingerprint density at radius 1 is 1.21 bits per heavy atom. The minimum Gasteiger partial charge on any atom is -0.367 e. The molecule has 1 aromatic heterocycles. The average molecular weight is 421 g/mol. The summed E-state index contributed by atoms with van der Waals surface area (Å²) in [4.78, 5) is 0. The van der Waals surface area contributed by atoms with Crippen LogP contribution in [0.15, 0.2) is 6.07 Å². The lowest BCUT2D eigenvalue weighted by Gasteiger charge is -2.32. The van der Waals surface area contributed by atoms with E-state index in [0.29, 0.717) is 44.0 Å². The van der Waals surface area contributed by atoms with E-state index in [1.807, 2.05) is 6.92 Å². The molecule has 11 heteroatoms. The van der Waals surface area contributed by atoms with Crippen LogP contribution in [0.4, 0.5) is 19.0 Å². The van der Waals surface area contributed by atoms with Crippen LogP contribution in [-0.2, 0) is 10.2 Å². The summed E-state index contributed by atoms with van der Waals surface area (Å²) in [7, 11) is -3.49. The van der Waals surface area contributed by atoms with Gasteiger partial charge in [0.15, 0.2) is 6.04 Å². The summed E-state index contributed by atoms with van der Waals surface area (Å²) in [6, 6.07) is -0.232. The summed E-state index contributed by atoms with van der Waals surface area (Å²) >= 11 is 0. The van der Waals surface area contributed by atoms with Crippen molar-refractivity contribution in [1.29, 1.82) is 0 Å². The van der Waals surface area contributed by atoms with Gasteiger partial charge in [0, 0.05) is 44.2 Å². The molecule has 3 atom stereocenters. The Balaban J connectivity index is 1.54. The van der Waals surface area contributed by atoms with Crippen molar-refractivity contribution in [2.75, 3.05) is 31.5 Å². The molecule has 28 heavy (non-hydrogen) atoms. The molecule has 0 aromatic carbocycles. The van der Waals surface area contributed by atoms with Crippen molar-refractivity contribution >= 4 is 16.0 Å². The monoisotopic (exact) mass is 421 g/mol. The van der Waals surface area contributed by atoms with Crippen molar-refractivity contribution in [3.05, 3.63) is 11.8 Å². The molecule has 158 valence electrons. The summed E-state index contributed by atoms with van der Waals surface area (Å²) in [6.07, 6.45) is -1.51. The van der Waals surface area contributed by atoms with Crippen LogP contribution in [0.3, 0.4) is 0 Å². The smallest absolute Gasteiger partial charge is 0.367 e. The molecule has 3 aliphatic heterocycles. The highest BCUT2D eigenvalue weighted by Gasteiger charge is 2.46. The third kappa shape index (κ3) is 3.52.